The molecule has 0 aliphatic rings. The van der Waals surface area contributed by atoms with Crippen LogP contribution in [0.5, 0.6) is 11.5 Å². The summed E-state index contributed by atoms with van der Waals surface area (Å²) in [5.41, 5.74) is 0.654. The molecule has 0 unspecified atom stereocenters. The topological polar surface area (TPSA) is 9.23 Å². The zero-order chi connectivity index (χ0) is 16.3. The van der Waals surface area contributed by atoms with Crippen molar-refractivity contribution in [3.8, 4) is 22.6 Å². The first-order valence-electron chi connectivity index (χ1n) is 6.95. The Morgan fingerprint density at radius 2 is 1.48 bits per heavy atom. The van der Waals surface area contributed by atoms with Gasteiger partial charge in [-0.25, -0.2) is 0 Å². The van der Waals surface area contributed by atoms with Gasteiger partial charge in [-0.2, -0.15) is 13.2 Å². The second-order valence-corrected chi connectivity index (χ2v) is 4.93. The second kappa shape index (κ2) is 6.16. The van der Waals surface area contributed by atoms with E-state index in [1.165, 1.54) is 12.1 Å². The first-order chi connectivity index (χ1) is 11.0. The Bertz CT molecular complexity index is 778. The molecular weight excluding hydrogens is 301 g/mol. The van der Waals surface area contributed by atoms with Crippen molar-refractivity contribution in [3.63, 3.8) is 0 Å². The number of halogens is 3. The lowest BCUT2D eigenvalue weighted by molar-refractivity contribution is -0.137. The Kier molecular flexibility index (Phi) is 4.06. The van der Waals surface area contributed by atoms with Crippen LogP contribution in [-0.2, 0) is 6.18 Å². The van der Waals surface area contributed by atoms with Crippen LogP contribution in [0.15, 0.2) is 72.8 Å². The predicted molar refractivity (Wildman–Crippen MR) is 82.2 cm³/mol. The Morgan fingerprint density at radius 1 is 0.783 bits per heavy atom. The first kappa shape index (κ1) is 15.2. The van der Waals surface area contributed by atoms with Gasteiger partial charge in [0, 0.05) is 0 Å². The highest BCUT2D eigenvalue weighted by Gasteiger charge is 2.29. The van der Waals surface area contributed by atoms with Gasteiger partial charge in [0.05, 0.1) is 5.56 Å². The second-order valence-electron chi connectivity index (χ2n) is 4.93. The van der Waals surface area contributed by atoms with Crippen LogP contribution in [0.2, 0.25) is 0 Å². The van der Waals surface area contributed by atoms with Crippen LogP contribution in [0, 0.1) is 6.07 Å². The van der Waals surface area contributed by atoms with E-state index in [0.29, 0.717) is 22.6 Å². The smallest absolute Gasteiger partial charge is 0.416 e. The van der Waals surface area contributed by atoms with Crippen molar-refractivity contribution in [1.29, 1.82) is 0 Å². The van der Waals surface area contributed by atoms with Crippen molar-refractivity contribution in [3.05, 3.63) is 84.4 Å². The highest BCUT2D eigenvalue weighted by molar-refractivity contribution is 5.65. The molecule has 0 atom stereocenters. The lowest BCUT2D eigenvalue weighted by Crippen LogP contribution is -2.03. The molecule has 0 saturated heterocycles. The van der Waals surface area contributed by atoms with E-state index in [0.717, 1.165) is 12.1 Å². The minimum absolute atomic E-state index is 0.602. The summed E-state index contributed by atoms with van der Waals surface area (Å²) in [6.07, 6.45) is -4.33. The van der Waals surface area contributed by atoms with E-state index in [2.05, 4.69) is 6.07 Å². The molecule has 0 amide bonds. The van der Waals surface area contributed by atoms with E-state index < -0.39 is 11.7 Å². The Morgan fingerprint density at radius 3 is 2.13 bits per heavy atom. The van der Waals surface area contributed by atoms with Crippen LogP contribution < -0.4 is 4.74 Å². The summed E-state index contributed by atoms with van der Waals surface area (Å²) in [7, 11) is 0. The molecule has 0 bridgehead atoms. The maximum atomic E-state index is 12.6. The quantitative estimate of drug-likeness (QED) is 0.579. The highest BCUT2D eigenvalue weighted by Crippen LogP contribution is 2.32. The molecule has 1 nitrogen and oxygen atoms in total. The minimum Gasteiger partial charge on any atom is -0.457 e. The fraction of sp³-hybridized carbons (Fsp3) is 0.0526. The molecule has 1 radical (unpaired) electrons. The molecule has 3 aromatic carbocycles. The Hall–Kier alpha value is -2.75. The molecule has 3 rings (SSSR count). The lowest BCUT2D eigenvalue weighted by atomic mass is 10.0. The number of alkyl halides is 3. The minimum atomic E-state index is -4.33. The zero-order valence-corrected chi connectivity index (χ0v) is 12.0. The van der Waals surface area contributed by atoms with E-state index in [9.17, 15) is 13.2 Å². The number of para-hydroxylation sites is 1. The van der Waals surface area contributed by atoms with Crippen molar-refractivity contribution < 1.29 is 17.9 Å². The van der Waals surface area contributed by atoms with E-state index in [4.69, 9.17) is 4.74 Å². The summed E-state index contributed by atoms with van der Waals surface area (Å²) >= 11 is 0. The van der Waals surface area contributed by atoms with Gasteiger partial charge >= 0.3 is 6.18 Å². The number of rotatable bonds is 3. The molecule has 23 heavy (non-hydrogen) atoms. The van der Waals surface area contributed by atoms with Gasteiger partial charge in [-0.1, -0.05) is 36.4 Å². The number of hydrogen-bond acceptors (Lipinski definition) is 1. The summed E-state index contributed by atoms with van der Waals surface area (Å²) < 4.78 is 43.5. The highest BCUT2D eigenvalue weighted by atomic mass is 19.4. The van der Waals surface area contributed by atoms with Gasteiger partial charge < -0.3 is 4.74 Å². The first-order valence-corrected chi connectivity index (χ1v) is 6.95. The summed E-state index contributed by atoms with van der Waals surface area (Å²) in [5, 5.41) is 0. The monoisotopic (exact) mass is 313 g/mol. The van der Waals surface area contributed by atoms with Gasteiger partial charge in [-0.05, 0) is 53.6 Å². The lowest BCUT2D eigenvalue weighted by Gasteiger charge is -2.09. The molecule has 0 fully saturated rings. The largest absolute Gasteiger partial charge is 0.457 e. The fourth-order valence-electron chi connectivity index (χ4n) is 2.14. The molecule has 0 aromatic heterocycles. The van der Waals surface area contributed by atoms with E-state index in [-0.39, 0.29) is 0 Å². The van der Waals surface area contributed by atoms with E-state index in [1.807, 2.05) is 30.3 Å². The van der Waals surface area contributed by atoms with Crippen molar-refractivity contribution in [2.45, 2.75) is 6.18 Å². The number of ether oxygens (including phenoxy) is 1. The van der Waals surface area contributed by atoms with Crippen molar-refractivity contribution in [1.82, 2.24) is 0 Å². The van der Waals surface area contributed by atoms with Crippen molar-refractivity contribution in [2.75, 3.05) is 0 Å². The molecule has 0 aliphatic heterocycles. The maximum Gasteiger partial charge on any atom is 0.416 e. The number of benzene rings is 3. The van der Waals surface area contributed by atoms with Gasteiger partial charge in [0.15, 0.2) is 0 Å². The summed E-state index contributed by atoms with van der Waals surface area (Å²) in [4.78, 5) is 0. The van der Waals surface area contributed by atoms with Crippen molar-refractivity contribution >= 4 is 0 Å². The number of hydrogen-bond donors (Lipinski definition) is 0. The van der Waals surface area contributed by atoms with Crippen LogP contribution in [0.25, 0.3) is 11.1 Å². The molecular formula is C19H12F3O. The third-order valence-electron chi connectivity index (χ3n) is 3.28. The van der Waals surface area contributed by atoms with E-state index in [1.54, 1.807) is 18.2 Å². The molecule has 0 aliphatic carbocycles. The van der Waals surface area contributed by atoms with Gasteiger partial charge in [-0.3, -0.25) is 0 Å². The average Bonchev–Trinajstić information content (AvgIpc) is 2.55. The molecule has 3 aromatic rings. The Labute approximate surface area is 132 Å². The third-order valence-corrected chi connectivity index (χ3v) is 3.28. The molecule has 0 saturated carbocycles. The molecule has 0 heterocycles. The van der Waals surface area contributed by atoms with Crippen LogP contribution in [0.1, 0.15) is 5.56 Å². The third kappa shape index (κ3) is 3.72. The van der Waals surface area contributed by atoms with Gasteiger partial charge in [0.1, 0.15) is 11.5 Å². The van der Waals surface area contributed by atoms with E-state index >= 15 is 0 Å². The average molecular weight is 313 g/mol. The van der Waals surface area contributed by atoms with Crippen LogP contribution in [-0.4, -0.2) is 0 Å². The fourth-order valence-corrected chi connectivity index (χ4v) is 2.14. The molecule has 115 valence electrons. The normalized spacial score (nSPS) is 11.3. The summed E-state index contributed by atoms with van der Waals surface area (Å²) in [5.74, 6) is 1.29. The molecule has 0 spiro atoms. The zero-order valence-electron chi connectivity index (χ0n) is 12.0. The van der Waals surface area contributed by atoms with Crippen LogP contribution in [0.4, 0.5) is 13.2 Å². The van der Waals surface area contributed by atoms with Crippen LogP contribution in [0.3, 0.4) is 0 Å². The van der Waals surface area contributed by atoms with Crippen molar-refractivity contribution in [2.24, 2.45) is 0 Å². The maximum absolute atomic E-state index is 12.6. The van der Waals surface area contributed by atoms with Gasteiger partial charge in [-0.15, -0.1) is 0 Å². The summed E-state index contributed by atoms with van der Waals surface area (Å²) in [6.45, 7) is 0. The molecule has 0 N–H and O–H groups in total. The van der Waals surface area contributed by atoms with Gasteiger partial charge in [0.25, 0.3) is 0 Å². The SMILES string of the molecule is FC(F)(F)c1ccc(-c2[c]ccc(Oc3ccccc3)c2)cc1. The van der Waals surface area contributed by atoms with Gasteiger partial charge in [0.2, 0.25) is 0 Å². The predicted octanol–water partition coefficient (Wildman–Crippen LogP) is 5.96. The standard InChI is InChI=1S/C19H12F3O/c20-19(21,22)16-11-9-14(10-12-16)15-5-4-8-18(13-15)23-17-6-2-1-3-7-17/h1-4,6-13H. The Balaban J connectivity index is 1.85. The molecule has 4 heteroatoms. The summed E-state index contributed by atoms with van der Waals surface area (Å²) in [6, 6.07) is 22.4. The van der Waals surface area contributed by atoms with Crippen LogP contribution >= 0.6 is 0 Å².